The SMILES string of the molecule is COCCN([C]=O)c1ccccc1. The van der Waals surface area contributed by atoms with Gasteiger partial charge < -0.3 is 9.64 Å². The van der Waals surface area contributed by atoms with Crippen LogP contribution in [0, 0.1) is 0 Å². The topological polar surface area (TPSA) is 29.5 Å². The number of amides is 1. The summed E-state index contributed by atoms with van der Waals surface area (Å²) in [5.41, 5.74) is 0.842. The lowest BCUT2D eigenvalue weighted by Crippen LogP contribution is -2.25. The van der Waals surface area contributed by atoms with Gasteiger partial charge in [-0.1, -0.05) is 18.2 Å². The highest BCUT2D eigenvalue weighted by Gasteiger charge is 2.03. The fourth-order valence-electron chi connectivity index (χ4n) is 1.02. The standard InChI is InChI=1S/C10H12NO2/c1-13-8-7-11(9-12)10-5-3-2-4-6-10/h2-6H,7-8H2,1H3. The molecule has 0 N–H and O–H groups in total. The van der Waals surface area contributed by atoms with Crippen LogP contribution in [0.5, 0.6) is 0 Å². The molecule has 0 heterocycles. The lowest BCUT2D eigenvalue weighted by Gasteiger charge is -2.15. The Morgan fingerprint density at radius 1 is 1.38 bits per heavy atom. The van der Waals surface area contributed by atoms with Crippen molar-refractivity contribution in [3.63, 3.8) is 0 Å². The molecule has 1 rings (SSSR count). The summed E-state index contributed by atoms with van der Waals surface area (Å²) < 4.78 is 4.88. The first kappa shape index (κ1) is 9.74. The largest absolute Gasteiger partial charge is 0.383 e. The maximum absolute atomic E-state index is 10.6. The zero-order valence-electron chi connectivity index (χ0n) is 7.56. The summed E-state index contributed by atoms with van der Waals surface area (Å²) in [6.07, 6.45) is 1.86. The van der Waals surface area contributed by atoms with Crippen LogP contribution in [0.15, 0.2) is 30.3 Å². The van der Waals surface area contributed by atoms with Gasteiger partial charge in [0.2, 0.25) is 0 Å². The quantitative estimate of drug-likeness (QED) is 0.634. The fraction of sp³-hybridized carbons (Fsp3) is 0.300. The van der Waals surface area contributed by atoms with Crippen molar-refractivity contribution in [1.29, 1.82) is 0 Å². The fourth-order valence-corrected chi connectivity index (χ4v) is 1.02. The average molecular weight is 178 g/mol. The molecule has 0 aliphatic carbocycles. The van der Waals surface area contributed by atoms with Gasteiger partial charge in [-0.3, -0.25) is 4.79 Å². The van der Waals surface area contributed by atoms with Crippen LogP contribution >= 0.6 is 0 Å². The molecule has 0 spiro atoms. The summed E-state index contributed by atoms with van der Waals surface area (Å²) in [6, 6.07) is 9.39. The van der Waals surface area contributed by atoms with E-state index in [0.29, 0.717) is 13.2 Å². The number of methoxy groups -OCH3 is 1. The van der Waals surface area contributed by atoms with E-state index in [1.54, 1.807) is 7.11 Å². The van der Waals surface area contributed by atoms with Crippen molar-refractivity contribution in [1.82, 2.24) is 0 Å². The highest BCUT2D eigenvalue weighted by Crippen LogP contribution is 2.10. The number of nitrogens with zero attached hydrogens (tertiary/aromatic N) is 1. The Labute approximate surface area is 77.9 Å². The van der Waals surface area contributed by atoms with Gasteiger partial charge in [-0.25, -0.2) is 0 Å². The number of hydrogen-bond donors (Lipinski definition) is 0. The molecular formula is C10H12NO2. The molecule has 0 atom stereocenters. The third-order valence-electron chi connectivity index (χ3n) is 1.70. The zero-order chi connectivity index (χ0) is 9.52. The number of ether oxygens (including phenoxy) is 1. The van der Waals surface area contributed by atoms with Gasteiger partial charge in [0.05, 0.1) is 6.61 Å². The number of para-hydroxylation sites is 1. The Morgan fingerprint density at radius 2 is 2.08 bits per heavy atom. The van der Waals surface area contributed by atoms with Crippen LogP contribution in [0.1, 0.15) is 0 Å². The molecule has 0 bridgehead atoms. The molecule has 0 unspecified atom stereocenters. The van der Waals surface area contributed by atoms with Crippen molar-refractivity contribution in [2.75, 3.05) is 25.2 Å². The van der Waals surface area contributed by atoms with E-state index in [0.717, 1.165) is 5.69 Å². The van der Waals surface area contributed by atoms with Gasteiger partial charge >= 0.3 is 6.41 Å². The number of benzene rings is 1. The number of rotatable bonds is 5. The molecule has 0 aliphatic rings. The van der Waals surface area contributed by atoms with E-state index in [9.17, 15) is 4.79 Å². The average Bonchev–Trinajstić information content (AvgIpc) is 2.21. The number of anilines is 1. The molecule has 0 aliphatic heterocycles. The molecular weight excluding hydrogens is 166 g/mol. The smallest absolute Gasteiger partial charge is 0.316 e. The first-order chi connectivity index (χ1) is 6.38. The van der Waals surface area contributed by atoms with E-state index in [1.807, 2.05) is 36.7 Å². The minimum atomic E-state index is 0.518. The van der Waals surface area contributed by atoms with Crippen LogP contribution in [0.4, 0.5) is 5.69 Å². The van der Waals surface area contributed by atoms with E-state index in [2.05, 4.69) is 0 Å². The first-order valence-electron chi connectivity index (χ1n) is 4.08. The minimum absolute atomic E-state index is 0.518. The molecule has 0 saturated carbocycles. The lowest BCUT2D eigenvalue weighted by molar-refractivity contribution is 0.207. The van der Waals surface area contributed by atoms with Crippen molar-refractivity contribution in [3.05, 3.63) is 30.3 Å². The van der Waals surface area contributed by atoms with Gasteiger partial charge in [0, 0.05) is 19.3 Å². The van der Waals surface area contributed by atoms with E-state index in [-0.39, 0.29) is 0 Å². The molecule has 3 nitrogen and oxygen atoms in total. The molecule has 13 heavy (non-hydrogen) atoms. The van der Waals surface area contributed by atoms with Crippen LogP contribution in [-0.4, -0.2) is 26.7 Å². The van der Waals surface area contributed by atoms with Gasteiger partial charge in [-0.2, -0.15) is 0 Å². The van der Waals surface area contributed by atoms with Crippen molar-refractivity contribution < 1.29 is 9.53 Å². The second kappa shape index (κ2) is 5.32. The molecule has 0 saturated heterocycles. The Morgan fingerprint density at radius 3 is 2.62 bits per heavy atom. The van der Waals surface area contributed by atoms with Crippen LogP contribution in [-0.2, 0) is 9.53 Å². The van der Waals surface area contributed by atoms with Crippen LogP contribution in [0.2, 0.25) is 0 Å². The third kappa shape index (κ3) is 2.87. The van der Waals surface area contributed by atoms with Crippen LogP contribution < -0.4 is 4.90 Å². The monoisotopic (exact) mass is 178 g/mol. The van der Waals surface area contributed by atoms with Gasteiger partial charge in [0.15, 0.2) is 0 Å². The van der Waals surface area contributed by atoms with E-state index >= 15 is 0 Å². The Kier molecular flexibility index (Phi) is 3.99. The van der Waals surface area contributed by atoms with Gasteiger partial charge in [0.1, 0.15) is 0 Å². The van der Waals surface area contributed by atoms with Crippen molar-refractivity contribution >= 4 is 12.1 Å². The highest BCUT2D eigenvalue weighted by atomic mass is 16.5. The molecule has 69 valence electrons. The van der Waals surface area contributed by atoms with E-state index in [1.165, 1.54) is 4.90 Å². The molecule has 3 heteroatoms. The number of hydrogen-bond acceptors (Lipinski definition) is 2. The Bertz CT molecular complexity index is 248. The second-order valence-corrected chi connectivity index (χ2v) is 2.57. The van der Waals surface area contributed by atoms with Crippen LogP contribution in [0.25, 0.3) is 0 Å². The summed E-state index contributed by atoms with van der Waals surface area (Å²) in [7, 11) is 1.61. The molecule has 1 amide bonds. The zero-order valence-corrected chi connectivity index (χ0v) is 7.56. The normalized spacial score (nSPS) is 9.62. The van der Waals surface area contributed by atoms with Gasteiger partial charge in [0.25, 0.3) is 0 Å². The predicted octanol–water partition coefficient (Wildman–Crippen LogP) is 1.21. The molecule has 1 radical (unpaired) electrons. The molecule has 0 fully saturated rings. The summed E-state index contributed by atoms with van der Waals surface area (Å²) in [5, 5.41) is 0. The van der Waals surface area contributed by atoms with E-state index < -0.39 is 0 Å². The van der Waals surface area contributed by atoms with Crippen molar-refractivity contribution in [2.45, 2.75) is 0 Å². The minimum Gasteiger partial charge on any atom is -0.383 e. The highest BCUT2D eigenvalue weighted by molar-refractivity contribution is 5.75. The Balaban J connectivity index is 2.61. The third-order valence-corrected chi connectivity index (χ3v) is 1.70. The summed E-state index contributed by atoms with van der Waals surface area (Å²) >= 11 is 0. The molecule has 0 aromatic heterocycles. The van der Waals surface area contributed by atoms with Crippen molar-refractivity contribution in [3.8, 4) is 0 Å². The number of carbonyl (C=O) groups excluding carboxylic acids is 1. The Hall–Kier alpha value is -1.35. The van der Waals surface area contributed by atoms with Crippen molar-refractivity contribution in [2.24, 2.45) is 0 Å². The van der Waals surface area contributed by atoms with Gasteiger partial charge in [-0.15, -0.1) is 0 Å². The second-order valence-electron chi connectivity index (χ2n) is 2.57. The summed E-state index contributed by atoms with van der Waals surface area (Å²) in [6.45, 7) is 1.05. The van der Waals surface area contributed by atoms with E-state index in [4.69, 9.17) is 4.74 Å². The molecule has 1 aromatic rings. The maximum atomic E-state index is 10.6. The lowest BCUT2D eigenvalue weighted by atomic mass is 10.3. The van der Waals surface area contributed by atoms with Crippen LogP contribution in [0.3, 0.4) is 0 Å². The summed E-state index contributed by atoms with van der Waals surface area (Å²) in [5.74, 6) is 0. The predicted molar refractivity (Wildman–Crippen MR) is 51.4 cm³/mol. The van der Waals surface area contributed by atoms with Gasteiger partial charge in [-0.05, 0) is 12.1 Å². The summed E-state index contributed by atoms with van der Waals surface area (Å²) in [4.78, 5) is 12.0. The molecule has 1 aromatic carbocycles. The maximum Gasteiger partial charge on any atom is 0.316 e. The first-order valence-corrected chi connectivity index (χ1v) is 4.08.